The van der Waals surface area contributed by atoms with E-state index in [2.05, 4.69) is 10.3 Å². The number of fused-ring (bicyclic) bond motifs is 3. The summed E-state index contributed by atoms with van der Waals surface area (Å²) in [5.74, 6) is -0.135. The van der Waals surface area contributed by atoms with Gasteiger partial charge in [-0.1, -0.05) is 12.1 Å². The fraction of sp³-hybridized carbons (Fsp3) is 0.300. The van der Waals surface area contributed by atoms with Crippen molar-refractivity contribution in [3.8, 4) is 0 Å². The van der Waals surface area contributed by atoms with Crippen LogP contribution in [0.3, 0.4) is 0 Å². The first-order chi connectivity index (χ1) is 14.0. The third-order valence-corrected chi connectivity index (χ3v) is 7.31. The molecule has 2 unspecified atom stereocenters. The van der Waals surface area contributed by atoms with Crippen LogP contribution >= 0.6 is 0 Å². The van der Waals surface area contributed by atoms with E-state index in [1.807, 2.05) is 0 Å². The summed E-state index contributed by atoms with van der Waals surface area (Å²) < 4.78 is 38.2. The normalized spacial score (nSPS) is 21.7. The van der Waals surface area contributed by atoms with Gasteiger partial charge in [-0.3, -0.25) is 9.78 Å². The molecule has 2 fully saturated rings. The standard InChI is InChI=1S/C20H19N3O5S/c24-20(18-7-14-5-6-21-10-19(14)28-18)22-9-13-1-3-17(4-2-13)29(25,26)23-11-16-8-15(23)12-27-16/h1-7,10,15-16H,8-9,11-12H2,(H,22,24). The number of hydrogen-bond donors (Lipinski definition) is 1. The molecule has 3 aromatic rings. The zero-order chi connectivity index (χ0) is 20.0. The summed E-state index contributed by atoms with van der Waals surface area (Å²) in [4.78, 5) is 16.5. The summed E-state index contributed by atoms with van der Waals surface area (Å²) >= 11 is 0. The fourth-order valence-electron chi connectivity index (χ4n) is 3.84. The van der Waals surface area contributed by atoms with Gasteiger partial charge in [0.05, 0.1) is 29.8 Å². The quantitative estimate of drug-likeness (QED) is 0.686. The number of amides is 1. The van der Waals surface area contributed by atoms with Gasteiger partial charge in [0.15, 0.2) is 11.3 Å². The van der Waals surface area contributed by atoms with Crippen molar-refractivity contribution in [1.29, 1.82) is 0 Å². The van der Waals surface area contributed by atoms with E-state index in [0.717, 1.165) is 17.4 Å². The molecule has 150 valence electrons. The van der Waals surface area contributed by atoms with Gasteiger partial charge < -0.3 is 14.5 Å². The van der Waals surface area contributed by atoms with Crippen LogP contribution in [0.1, 0.15) is 22.5 Å². The maximum atomic E-state index is 12.9. The van der Waals surface area contributed by atoms with Gasteiger partial charge in [-0.25, -0.2) is 8.42 Å². The number of benzene rings is 1. The number of carbonyl (C=O) groups is 1. The lowest BCUT2D eigenvalue weighted by Crippen LogP contribution is -2.41. The Morgan fingerprint density at radius 2 is 2.07 bits per heavy atom. The molecule has 4 heterocycles. The van der Waals surface area contributed by atoms with Gasteiger partial charge in [0.25, 0.3) is 5.91 Å². The van der Waals surface area contributed by atoms with E-state index in [4.69, 9.17) is 9.15 Å². The third-order valence-electron chi connectivity index (χ3n) is 5.38. The summed E-state index contributed by atoms with van der Waals surface area (Å²) in [5, 5.41) is 3.59. The summed E-state index contributed by atoms with van der Waals surface area (Å²) in [7, 11) is -3.53. The average molecular weight is 413 g/mol. The first kappa shape index (κ1) is 18.3. The zero-order valence-electron chi connectivity index (χ0n) is 15.4. The highest BCUT2D eigenvalue weighted by Crippen LogP contribution is 2.32. The van der Waals surface area contributed by atoms with Crippen molar-refractivity contribution < 1.29 is 22.4 Å². The highest BCUT2D eigenvalue weighted by Gasteiger charge is 2.45. The molecule has 2 aliphatic heterocycles. The lowest BCUT2D eigenvalue weighted by molar-refractivity contribution is 0.0608. The van der Waals surface area contributed by atoms with Gasteiger partial charge >= 0.3 is 0 Å². The predicted molar refractivity (Wildman–Crippen MR) is 104 cm³/mol. The number of sulfonamides is 1. The first-order valence-corrected chi connectivity index (χ1v) is 10.8. The van der Waals surface area contributed by atoms with Gasteiger partial charge in [0.2, 0.25) is 10.0 Å². The Labute approximate surface area is 167 Å². The Balaban J connectivity index is 1.25. The van der Waals surface area contributed by atoms with E-state index in [1.165, 1.54) is 4.31 Å². The molecule has 0 aliphatic carbocycles. The Morgan fingerprint density at radius 1 is 1.24 bits per heavy atom. The largest absolute Gasteiger partial charge is 0.449 e. The number of aromatic nitrogens is 1. The average Bonchev–Trinajstić information content (AvgIpc) is 3.47. The van der Waals surface area contributed by atoms with E-state index in [9.17, 15) is 13.2 Å². The minimum atomic E-state index is -3.53. The van der Waals surface area contributed by atoms with Crippen LogP contribution < -0.4 is 5.32 Å². The Morgan fingerprint density at radius 3 is 2.76 bits per heavy atom. The molecule has 2 aliphatic rings. The van der Waals surface area contributed by atoms with Crippen molar-refractivity contribution in [2.75, 3.05) is 13.2 Å². The highest BCUT2D eigenvalue weighted by molar-refractivity contribution is 7.89. The van der Waals surface area contributed by atoms with Crippen molar-refractivity contribution in [1.82, 2.24) is 14.6 Å². The summed E-state index contributed by atoms with van der Waals surface area (Å²) in [6.45, 7) is 1.14. The number of furan rings is 1. The van der Waals surface area contributed by atoms with Crippen LogP contribution in [0.5, 0.6) is 0 Å². The topological polar surface area (TPSA) is 102 Å². The monoisotopic (exact) mass is 413 g/mol. The summed E-state index contributed by atoms with van der Waals surface area (Å²) in [5.41, 5.74) is 1.34. The second-order valence-electron chi connectivity index (χ2n) is 7.27. The molecule has 8 nitrogen and oxygen atoms in total. The van der Waals surface area contributed by atoms with E-state index < -0.39 is 10.0 Å². The number of morpholine rings is 1. The van der Waals surface area contributed by atoms with Crippen molar-refractivity contribution in [3.05, 3.63) is 60.1 Å². The van der Waals surface area contributed by atoms with Gasteiger partial charge in [0, 0.05) is 24.7 Å². The SMILES string of the molecule is O=C(NCc1ccc(S(=O)(=O)N2CC3CC2CO3)cc1)c1cc2ccncc2o1. The maximum absolute atomic E-state index is 12.9. The van der Waals surface area contributed by atoms with Crippen LogP contribution in [-0.4, -0.2) is 48.9 Å². The van der Waals surface area contributed by atoms with Crippen molar-refractivity contribution in [2.24, 2.45) is 0 Å². The molecule has 0 saturated carbocycles. The van der Waals surface area contributed by atoms with E-state index in [0.29, 0.717) is 18.7 Å². The number of nitrogens with one attached hydrogen (secondary N) is 1. The predicted octanol–water partition coefficient (Wildman–Crippen LogP) is 1.92. The third kappa shape index (κ3) is 3.31. The maximum Gasteiger partial charge on any atom is 0.287 e. The van der Waals surface area contributed by atoms with Crippen LogP contribution in [-0.2, 0) is 21.3 Å². The molecule has 1 amide bonds. The molecule has 0 spiro atoms. The molecule has 5 rings (SSSR count). The summed E-state index contributed by atoms with van der Waals surface area (Å²) in [6.07, 6.45) is 3.97. The van der Waals surface area contributed by atoms with Gasteiger partial charge in [-0.2, -0.15) is 4.31 Å². The lowest BCUT2D eigenvalue weighted by atomic mass is 10.2. The fourth-order valence-corrected chi connectivity index (χ4v) is 5.49. The van der Waals surface area contributed by atoms with Crippen LogP contribution in [0.25, 0.3) is 11.0 Å². The smallest absolute Gasteiger partial charge is 0.287 e. The minimum Gasteiger partial charge on any atom is -0.449 e. The number of carbonyl (C=O) groups excluding carboxylic acids is 1. The van der Waals surface area contributed by atoms with Crippen LogP contribution in [0.4, 0.5) is 0 Å². The number of hydrogen-bond acceptors (Lipinski definition) is 6. The number of pyridine rings is 1. The molecule has 9 heteroatoms. The Kier molecular flexibility index (Phi) is 4.38. The van der Waals surface area contributed by atoms with Crippen LogP contribution in [0.15, 0.2) is 58.1 Å². The number of nitrogens with zero attached hydrogens (tertiary/aromatic N) is 2. The molecule has 2 bridgehead atoms. The van der Waals surface area contributed by atoms with E-state index >= 15 is 0 Å². The molecule has 0 radical (unpaired) electrons. The van der Waals surface area contributed by atoms with Gasteiger partial charge in [0.1, 0.15) is 0 Å². The number of rotatable bonds is 5. The minimum absolute atomic E-state index is 0.0123. The van der Waals surface area contributed by atoms with Gasteiger partial charge in [-0.15, -0.1) is 0 Å². The summed E-state index contributed by atoms with van der Waals surface area (Å²) in [6, 6.07) is 9.94. The van der Waals surface area contributed by atoms with E-state index in [-0.39, 0.29) is 35.3 Å². The van der Waals surface area contributed by atoms with Gasteiger partial charge in [-0.05, 0) is 36.2 Å². The highest BCUT2D eigenvalue weighted by atomic mass is 32.2. The lowest BCUT2D eigenvalue weighted by Gasteiger charge is -2.26. The second kappa shape index (κ2) is 6.94. The van der Waals surface area contributed by atoms with E-state index in [1.54, 1.807) is 48.8 Å². The van der Waals surface area contributed by atoms with Crippen molar-refractivity contribution in [3.63, 3.8) is 0 Å². The van der Waals surface area contributed by atoms with Crippen LogP contribution in [0, 0.1) is 0 Å². The molecule has 29 heavy (non-hydrogen) atoms. The Bertz CT molecular complexity index is 1140. The molecular formula is C20H19N3O5S. The molecular weight excluding hydrogens is 394 g/mol. The second-order valence-corrected chi connectivity index (χ2v) is 9.16. The van der Waals surface area contributed by atoms with Crippen molar-refractivity contribution >= 4 is 26.9 Å². The molecule has 2 saturated heterocycles. The van der Waals surface area contributed by atoms with Crippen molar-refractivity contribution in [2.45, 2.75) is 30.0 Å². The molecule has 1 aromatic carbocycles. The zero-order valence-corrected chi connectivity index (χ0v) is 16.3. The molecule has 2 aromatic heterocycles. The molecule has 1 N–H and O–H groups in total. The Hall–Kier alpha value is -2.75. The first-order valence-electron chi connectivity index (χ1n) is 9.35. The molecule has 2 atom stereocenters. The number of ether oxygens (including phenoxy) is 1. The van der Waals surface area contributed by atoms with Crippen LogP contribution in [0.2, 0.25) is 0 Å².